The topological polar surface area (TPSA) is 51.2 Å². The van der Waals surface area contributed by atoms with Crippen molar-refractivity contribution in [3.63, 3.8) is 0 Å². The maximum Gasteiger partial charge on any atom is 0.230 e. The van der Waals surface area contributed by atoms with E-state index in [-0.39, 0.29) is 16.7 Å². The Morgan fingerprint density at radius 3 is 2.48 bits per heavy atom. The number of ether oxygens (including phenoxy) is 1. The zero-order valence-corrected chi connectivity index (χ0v) is 15.2. The molecule has 3 rings (SSSR count). The Hall–Kier alpha value is -2.36. The van der Waals surface area contributed by atoms with Gasteiger partial charge in [-0.2, -0.15) is 0 Å². The summed E-state index contributed by atoms with van der Waals surface area (Å²) >= 11 is 0. The molecule has 0 saturated heterocycles. The van der Waals surface area contributed by atoms with Gasteiger partial charge in [-0.05, 0) is 41.5 Å². The lowest BCUT2D eigenvalue weighted by molar-refractivity contribution is -0.123. The number of nitrogens with zero attached hydrogens (tertiary/aromatic N) is 1. The van der Waals surface area contributed by atoms with Crippen LogP contribution in [0.5, 0.6) is 5.75 Å². The highest BCUT2D eigenvalue weighted by Crippen LogP contribution is 2.48. The lowest BCUT2D eigenvalue weighted by Crippen LogP contribution is -2.37. The summed E-state index contributed by atoms with van der Waals surface area (Å²) in [6.07, 6.45) is 5.20. The van der Waals surface area contributed by atoms with Gasteiger partial charge >= 0.3 is 0 Å². The third kappa shape index (κ3) is 4.01. The monoisotopic (exact) mass is 338 g/mol. The van der Waals surface area contributed by atoms with Crippen molar-refractivity contribution in [2.24, 2.45) is 0 Å². The number of aromatic nitrogens is 1. The summed E-state index contributed by atoms with van der Waals surface area (Å²) in [6.45, 7) is 7.53. The number of carbonyl (C=O) groups is 1. The number of carbonyl (C=O) groups excluding carboxylic acids is 1. The van der Waals surface area contributed by atoms with Crippen LogP contribution < -0.4 is 10.1 Å². The molecular weight excluding hydrogens is 312 g/mol. The average molecular weight is 338 g/mol. The molecule has 0 bridgehead atoms. The Morgan fingerprint density at radius 1 is 1.20 bits per heavy atom. The van der Waals surface area contributed by atoms with Crippen molar-refractivity contribution in [2.45, 2.75) is 44.4 Å². The second-order valence-corrected chi connectivity index (χ2v) is 7.70. The summed E-state index contributed by atoms with van der Waals surface area (Å²) in [6, 6.07) is 12.2. The predicted molar refractivity (Wildman–Crippen MR) is 98.8 cm³/mol. The number of hydrogen-bond donors (Lipinski definition) is 1. The van der Waals surface area contributed by atoms with Crippen molar-refractivity contribution >= 4 is 5.91 Å². The average Bonchev–Trinajstić information content (AvgIpc) is 3.41. The van der Waals surface area contributed by atoms with E-state index in [4.69, 9.17) is 4.74 Å². The summed E-state index contributed by atoms with van der Waals surface area (Å²) in [7, 11) is 0. The highest BCUT2D eigenvalue weighted by molar-refractivity contribution is 5.91. The first-order chi connectivity index (χ1) is 11.9. The van der Waals surface area contributed by atoms with Gasteiger partial charge in [-0.3, -0.25) is 9.78 Å². The standard InChI is InChI=1S/C21H26N2O2/c1-20(2,3)16-6-8-17(9-7-16)21(10-11-21)19(24)23-13-14-25-18-5-4-12-22-15-18/h4-9,12,15H,10-11,13-14H2,1-3H3,(H,23,24). The molecule has 0 unspecified atom stereocenters. The molecule has 0 radical (unpaired) electrons. The molecule has 25 heavy (non-hydrogen) atoms. The van der Waals surface area contributed by atoms with E-state index in [1.54, 1.807) is 12.4 Å². The second kappa shape index (κ2) is 6.87. The van der Waals surface area contributed by atoms with Crippen LogP contribution in [0.4, 0.5) is 0 Å². The molecule has 1 N–H and O–H groups in total. The Morgan fingerprint density at radius 2 is 1.92 bits per heavy atom. The maximum atomic E-state index is 12.6. The van der Waals surface area contributed by atoms with E-state index < -0.39 is 0 Å². The van der Waals surface area contributed by atoms with Gasteiger partial charge in [0, 0.05) is 6.20 Å². The third-order valence-corrected chi connectivity index (χ3v) is 4.78. The molecule has 1 aromatic heterocycles. The number of rotatable bonds is 6. The van der Waals surface area contributed by atoms with Gasteiger partial charge in [0.1, 0.15) is 12.4 Å². The number of hydrogen-bond acceptors (Lipinski definition) is 3. The van der Waals surface area contributed by atoms with Gasteiger partial charge in [0.25, 0.3) is 0 Å². The van der Waals surface area contributed by atoms with Gasteiger partial charge in [-0.15, -0.1) is 0 Å². The number of nitrogens with one attached hydrogen (secondary N) is 1. The van der Waals surface area contributed by atoms with Crippen LogP contribution in [-0.4, -0.2) is 24.0 Å². The summed E-state index contributed by atoms with van der Waals surface area (Å²) in [5.74, 6) is 0.821. The van der Waals surface area contributed by atoms with Crippen molar-refractivity contribution in [1.82, 2.24) is 10.3 Å². The molecule has 0 aliphatic heterocycles. The van der Waals surface area contributed by atoms with Crippen molar-refractivity contribution in [1.29, 1.82) is 0 Å². The molecule has 1 saturated carbocycles. The van der Waals surface area contributed by atoms with E-state index in [1.807, 2.05) is 12.1 Å². The fraction of sp³-hybridized carbons (Fsp3) is 0.429. The summed E-state index contributed by atoms with van der Waals surface area (Å²) in [5.41, 5.74) is 2.19. The fourth-order valence-corrected chi connectivity index (χ4v) is 3.00. The minimum absolute atomic E-state index is 0.103. The molecule has 0 spiro atoms. The highest BCUT2D eigenvalue weighted by Gasteiger charge is 2.51. The highest BCUT2D eigenvalue weighted by atomic mass is 16.5. The van der Waals surface area contributed by atoms with Gasteiger partial charge < -0.3 is 10.1 Å². The van der Waals surface area contributed by atoms with Crippen LogP contribution in [-0.2, 0) is 15.6 Å². The van der Waals surface area contributed by atoms with Crippen LogP contribution in [0.3, 0.4) is 0 Å². The van der Waals surface area contributed by atoms with E-state index in [2.05, 4.69) is 55.3 Å². The molecule has 2 aromatic rings. The first kappa shape index (κ1) is 17.5. The number of benzene rings is 1. The SMILES string of the molecule is CC(C)(C)c1ccc(C2(C(=O)NCCOc3cccnc3)CC2)cc1. The van der Waals surface area contributed by atoms with Crippen LogP contribution in [0.1, 0.15) is 44.7 Å². The zero-order valence-electron chi connectivity index (χ0n) is 15.2. The largest absolute Gasteiger partial charge is 0.490 e. The zero-order chi connectivity index (χ0) is 17.9. The van der Waals surface area contributed by atoms with Gasteiger partial charge in [0.15, 0.2) is 0 Å². The minimum atomic E-state index is -0.343. The molecule has 1 aliphatic carbocycles. The van der Waals surface area contributed by atoms with E-state index in [9.17, 15) is 4.79 Å². The summed E-state index contributed by atoms with van der Waals surface area (Å²) in [4.78, 5) is 16.6. The Kier molecular flexibility index (Phi) is 4.80. The van der Waals surface area contributed by atoms with Crippen LogP contribution in [0, 0.1) is 0 Å². The number of pyridine rings is 1. The summed E-state index contributed by atoms with van der Waals surface area (Å²) < 4.78 is 5.57. The number of amides is 1. The van der Waals surface area contributed by atoms with E-state index in [0.29, 0.717) is 13.2 Å². The normalized spacial score (nSPS) is 15.5. The van der Waals surface area contributed by atoms with Gasteiger partial charge in [-0.1, -0.05) is 45.0 Å². The smallest absolute Gasteiger partial charge is 0.230 e. The van der Waals surface area contributed by atoms with Crippen molar-refractivity contribution in [3.8, 4) is 5.75 Å². The lowest BCUT2D eigenvalue weighted by Gasteiger charge is -2.21. The van der Waals surface area contributed by atoms with Crippen molar-refractivity contribution in [2.75, 3.05) is 13.2 Å². The van der Waals surface area contributed by atoms with E-state index in [1.165, 1.54) is 5.56 Å². The molecule has 1 fully saturated rings. The molecule has 1 aromatic carbocycles. The Bertz CT molecular complexity index is 714. The van der Waals surface area contributed by atoms with Crippen molar-refractivity contribution < 1.29 is 9.53 Å². The second-order valence-electron chi connectivity index (χ2n) is 7.70. The van der Waals surface area contributed by atoms with E-state index >= 15 is 0 Å². The van der Waals surface area contributed by atoms with E-state index in [0.717, 1.165) is 24.2 Å². The first-order valence-corrected chi connectivity index (χ1v) is 8.84. The minimum Gasteiger partial charge on any atom is -0.490 e. The molecule has 1 amide bonds. The molecule has 4 nitrogen and oxygen atoms in total. The third-order valence-electron chi connectivity index (χ3n) is 4.78. The van der Waals surface area contributed by atoms with Gasteiger partial charge in [0.2, 0.25) is 5.91 Å². The van der Waals surface area contributed by atoms with Crippen LogP contribution in [0.2, 0.25) is 0 Å². The summed E-state index contributed by atoms with van der Waals surface area (Å²) in [5, 5.41) is 3.01. The Labute approximate surface area is 149 Å². The molecular formula is C21H26N2O2. The molecule has 0 atom stereocenters. The quantitative estimate of drug-likeness (QED) is 0.819. The molecule has 132 valence electrons. The predicted octanol–water partition coefficient (Wildman–Crippen LogP) is 3.61. The van der Waals surface area contributed by atoms with Crippen molar-refractivity contribution in [3.05, 3.63) is 59.9 Å². The molecule has 4 heteroatoms. The maximum absolute atomic E-state index is 12.6. The van der Waals surface area contributed by atoms with Crippen LogP contribution in [0.25, 0.3) is 0 Å². The fourth-order valence-electron chi connectivity index (χ4n) is 3.00. The van der Waals surface area contributed by atoms with Gasteiger partial charge in [-0.25, -0.2) is 0 Å². The van der Waals surface area contributed by atoms with Crippen LogP contribution in [0.15, 0.2) is 48.8 Å². The molecule has 1 aliphatic rings. The Balaban J connectivity index is 1.54. The molecule has 1 heterocycles. The lowest BCUT2D eigenvalue weighted by atomic mass is 9.85. The van der Waals surface area contributed by atoms with Gasteiger partial charge in [0.05, 0.1) is 18.2 Å². The van der Waals surface area contributed by atoms with Crippen LogP contribution >= 0.6 is 0 Å². The first-order valence-electron chi connectivity index (χ1n) is 8.84.